The summed E-state index contributed by atoms with van der Waals surface area (Å²) >= 11 is 0. The van der Waals surface area contributed by atoms with E-state index in [1.54, 1.807) is 13.4 Å². The smallest absolute Gasteiger partial charge is 0.118 e. The molecule has 1 heterocycles. The molecule has 114 valence electrons. The summed E-state index contributed by atoms with van der Waals surface area (Å²) in [5, 5.41) is 3.63. The molecule has 1 aromatic carbocycles. The average Bonchev–Trinajstić information content (AvgIpc) is 3.00. The van der Waals surface area contributed by atoms with Gasteiger partial charge in [-0.05, 0) is 43.1 Å². The zero-order valence-electron chi connectivity index (χ0n) is 13.2. The molecular formula is C18H25NO2. The predicted octanol–water partition coefficient (Wildman–Crippen LogP) is 4.13. The fraction of sp³-hybridized carbons (Fsp3) is 0.444. The van der Waals surface area contributed by atoms with Crippen LogP contribution in [0.4, 0.5) is 0 Å². The maximum absolute atomic E-state index is 5.59. The highest BCUT2D eigenvalue weighted by atomic mass is 16.5. The minimum absolute atomic E-state index is 0.298. The summed E-state index contributed by atoms with van der Waals surface area (Å²) in [5.41, 5.74) is 2.58. The molecular weight excluding hydrogens is 262 g/mol. The summed E-state index contributed by atoms with van der Waals surface area (Å²) in [7, 11) is 1.69. The number of rotatable bonds is 8. The Bertz CT molecular complexity index is 530. The second kappa shape index (κ2) is 7.89. The summed E-state index contributed by atoms with van der Waals surface area (Å²) in [6.07, 6.45) is 4.80. The largest absolute Gasteiger partial charge is 0.497 e. The molecule has 21 heavy (non-hydrogen) atoms. The summed E-state index contributed by atoms with van der Waals surface area (Å²) in [6.45, 7) is 5.33. The number of ether oxygens (including phenoxy) is 1. The van der Waals surface area contributed by atoms with Crippen molar-refractivity contribution in [3.8, 4) is 5.75 Å². The Hall–Kier alpha value is -1.74. The molecule has 0 saturated heterocycles. The van der Waals surface area contributed by atoms with Crippen molar-refractivity contribution in [2.75, 3.05) is 13.7 Å². The lowest BCUT2D eigenvalue weighted by Gasteiger charge is -2.19. The Morgan fingerprint density at radius 1 is 1.14 bits per heavy atom. The first-order valence-electron chi connectivity index (χ1n) is 7.71. The van der Waals surface area contributed by atoms with Crippen LogP contribution in [-0.4, -0.2) is 13.7 Å². The van der Waals surface area contributed by atoms with E-state index in [0.29, 0.717) is 6.04 Å². The molecule has 2 rings (SSSR count). The topological polar surface area (TPSA) is 34.4 Å². The fourth-order valence-corrected chi connectivity index (χ4v) is 2.56. The highest BCUT2D eigenvalue weighted by Crippen LogP contribution is 2.24. The van der Waals surface area contributed by atoms with Crippen LogP contribution in [-0.2, 0) is 12.8 Å². The first-order chi connectivity index (χ1) is 10.3. The van der Waals surface area contributed by atoms with E-state index < -0.39 is 0 Å². The van der Waals surface area contributed by atoms with Gasteiger partial charge < -0.3 is 14.5 Å². The van der Waals surface area contributed by atoms with Gasteiger partial charge >= 0.3 is 0 Å². The third-order valence-corrected chi connectivity index (χ3v) is 3.72. The van der Waals surface area contributed by atoms with E-state index in [2.05, 4.69) is 37.4 Å². The number of aryl methyl sites for hydroxylation is 1. The van der Waals surface area contributed by atoms with E-state index in [1.165, 1.54) is 11.1 Å². The normalized spacial score (nSPS) is 12.3. The molecule has 1 unspecified atom stereocenters. The van der Waals surface area contributed by atoms with Crippen LogP contribution in [0, 0.1) is 0 Å². The predicted molar refractivity (Wildman–Crippen MR) is 85.8 cm³/mol. The molecule has 0 saturated carbocycles. The zero-order valence-corrected chi connectivity index (χ0v) is 13.2. The average molecular weight is 287 g/mol. The lowest BCUT2D eigenvalue weighted by molar-refractivity contribution is 0.414. The monoisotopic (exact) mass is 287 g/mol. The van der Waals surface area contributed by atoms with Crippen LogP contribution in [0.15, 0.2) is 41.0 Å². The summed E-state index contributed by atoms with van der Waals surface area (Å²) in [4.78, 5) is 0. The highest BCUT2D eigenvalue weighted by molar-refractivity contribution is 5.30. The molecule has 0 bridgehead atoms. The molecule has 0 aliphatic rings. The number of nitrogens with one attached hydrogen (secondary N) is 1. The first kappa shape index (κ1) is 15.6. The number of furan rings is 1. The van der Waals surface area contributed by atoms with Crippen molar-refractivity contribution in [1.29, 1.82) is 0 Å². The van der Waals surface area contributed by atoms with Gasteiger partial charge in [-0.3, -0.25) is 0 Å². The van der Waals surface area contributed by atoms with Crippen LogP contribution in [0.3, 0.4) is 0 Å². The van der Waals surface area contributed by atoms with Gasteiger partial charge in [0.2, 0.25) is 0 Å². The zero-order chi connectivity index (χ0) is 15.1. The third-order valence-electron chi connectivity index (χ3n) is 3.72. The summed E-state index contributed by atoms with van der Waals surface area (Å²) in [6, 6.07) is 10.7. The van der Waals surface area contributed by atoms with Gasteiger partial charge in [0.25, 0.3) is 0 Å². The summed E-state index contributed by atoms with van der Waals surface area (Å²) in [5.74, 6) is 1.98. The molecule has 0 amide bonds. The highest BCUT2D eigenvalue weighted by Gasteiger charge is 2.17. The Morgan fingerprint density at radius 3 is 2.52 bits per heavy atom. The lowest BCUT2D eigenvalue weighted by Crippen LogP contribution is -2.24. The van der Waals surface area contributed by atoms with Crippen LogP contribution in [0.2, 0.25) is 0 Å². The second-order valence-corrected chi connectivity index (χ2v) is 5.21. The van der Waals surface area contributed by atoms with Crippen molar-refractivity contribution in [1.82, 2.24) is 5.32 Å². The van der Waals surface area contributed by atoms with Gasteiger partial charge in [0, 0.05) is 18.0 Å². The van der Waals surface area contributed by atoms with Crippen LogP contribution < -0.4 is 10.1 Å². The van der Waals surface area contributed by atoms with Crippen LogP contribution in [0.25, 0.3) is 0 Å². The van der Waals surface area contributed by atoms with E-state index in [4.69, 9.17) is 9.15 Å². The third kappa shape index (κ3) is 4.11. The van der Waals surface area contributed by atoms with Crippen molar-refractivity contribution >= 4 is 0 Å². The standard InChI is InChI=1S/C18H25NO2/c1-4-11-19-17(16-10-12-21-18(16)5-2)13-14-6-8-15(20-3)9-7-14/h6-10,12,17,19H,4-5,11,13H2,1-3H3. The van der Waals surface area contributed by atoms with Gasteiger partial charge in [-0.1, -0.05) is 26.0 Å². The van der Waals surface area contributed by atoms with Gasteiger partial charge in [0.15, 0.2) is 0 Å². The quantitative estimate of drug-likeness (QED) is 0.792. The number of methoxy groups -OCH3 is 1. The molecule has 3 nitrogen and oxygen atoms in total. The van der Waals surface area contributed by atoms with Crippen LogP contribution in [0.5, 0.6) is 5.75 Å². The van der Waals surface area contributed by atoms with Crippen molar-refractivity contribution in [2.45, 2.75) is 39.2 Å². The molecule has 0 fully saturated rings. The molecule has 0 aliphatic heterocycles. The van der Waals surface area contributed by atoms with Gasteiger partial charge in [0.05, 0.1) is 13.4 Å². The van der Waals surface area contributed by atoms with E-state index in [1.807, 2.05) is 12.1 Å². The maximum atomic E-state index is 5.59. The molecule has 0 radical (unpaired) electrons. The number of benzene rings is 1. The SMILES string of the molecule is CCCNC(Cc1ccc(OC)cc1)c1ccoc1CC. The molecule has 3 heteroatoms. The van der Waals surface area contributed by atoms with Crippen molar-refractivity contribution in [3.05, 3.63) is 53.5 Å². The second-order valence-electron chi connectivity index (χ2n) is 5.21. The minimum atomic E-state index is 0.298. The van der Waals surface area contributed by atoms with E-state index in [0.717, 1.165) is 37.3 Å². The summed E-state index contributed by atoms with van der Waals surface area (Å²) < 4.78 is 10.8. The Labute approximate surface area is 127 Å². The molecule has 1 aromatic heterocycles. The van der Waals surface area contributed by atoms with Gasteiger partial charge in [-0.15, -0.1) is 0 Å². The van der Waals surface area contributed by atoms with Gasteiger partial charge in [-0.2, -0.15) is 0 Å². The van der Waals surface area contributed by atoms with Crippen LogP contribution >= 0.6 is 0 Å². The van der Waals surface area contributed by atoms with Crippen molar-refractivity contribution < 1.29 is 9.15 Å². The molecule has 2 aromatic rings. The number of hydrogen-bond donors (Lipinski definition) is 1. The Kier molecular flexibility index (Phi) is 5.88. The van der Waals surface area contributed by atoms with Crippen molar-refractivity contribution in [2.24, 2.45) is 0 Å². The lowest BCUT2D eigenvalue weighted by atomic mass is 9.98. The fourth-order valence-electron chi connectivity index (χ4n) is 2.56. The van der Waals surface area contributed by atoms with Crippen molar-refractivity contribution in [3.63, 3.8) is 0 Å². The molecule has 0 aliphatic carbocycles. The van der Waals surface area contributed by atoms with E-state index in [-0.39, 0.29) is 0 Å². The van der Waals surface area contributed by atoms with Gasteiger partial charge in [0.1, 0.15) is 11.5 Å². The van der Waals surface area contributed by atoms with Gasteiger partial charge in [-0.25, -0.2) is 0 Å². The molecule has 1 atom stereocenters. The van der Waals surface area contributed by atoms with E-state index in [9.17, 15) is 0 Å². The Morgan fingerprint density at radius 2 is 1.90 bits per heavy atom. The minimum Gasteiger partial charge on any atom is -0.497 e. The molecule has 0 spiro atoms. The first-order valence-corrected chi connectivity index (χ1v) is 7.71. The number of hydrogen-bond acceptors (Lipinski definition) is 3. The van der Waals surface area contributed by atoms with E-state index >= 15 is 0 Å². The molecule has 1 N–H and O–H groups in total. The maximum Gasteiger partial charge on any atom is 0.118 e. The van der Waals surface area contributed by atoms with Crippen LogP contribution in [0.1, 0.15) is 43.2 Å². The Balaban J connectivity index is 2.15.